The number of hydrogen-bond donors (Lipinski definition) is 2. The summed E-state index contributed by atoms with van der Waals surface area (Å²) in [5, 5.41) is 5.60. The number of benzene rings is 1. The third-order valence-electron chi connectivity index (χ3n) is 2.20. The van der Waals surface area contributed by atoms with E-state index in [1.165, 1.54) is 0 Å². The predicted octanol–water partition coefficient (Wildman–Crippen LogP) is 1.56. The zero-order chi connectivity index (χ0) is 11.5. The Morgan fingerprint density at radius 3 is 2.62 bits per heavy atom. The van der Waals surface area contributed by atoms with Crippen LogP contribution in [0.2, 0.25) is 5.02 Å². The largest absolute Gasteiger partial charge is 0.345 e. The summed E-state index contributed by atoms with van der Waals surface area (Å²) in [6.45, 7) is 0. The molecule has 1 fully saturated rings. The Morgan fingerprint density at radius 2 is 2.00 bits per heavy atom. The lowest BCUT2D eigenvalue weighted by atomic mass is 10.3. The summed E-state index contributed by atoms with van der Waals surface area (Å²) in [7, 11) is 0. The van der Waals surface area contributed by atoms with Crippen molar-refractivity contribution in [2.75, 3.05) is 5.32 Å². The first-order chi connectivity index (χ1) is 7.65. The molecule has 0 bridgehead atoms. The normalized spacial score (nSPS) is 14.3. The highest BCUT2D eigenvalue weighted by molar-refractivity contribution is 6.40. The maximum Gasteiger partial charge on any atom is 0.313 e. The van der Waals surface area contributed by atoms with E-state index in [9.17, 15) is 9.59 Å². The lowest BCUT2D eigenvalue weighted by molar-refractivity contribution is -0.136. The summed E-state index contributed by atoms with van der Waals surface area (Å²) in [5.74, 6) is -1.25. The number of anilines is 1. The van der Waals surface area contributed by atoms with Crippen molar-refractivity contribution in [3.8, 4) is 0 Å². The van der Waals surface area contributed by atoms with Crippen LogP contribution < -0.4 is 10.6 Å². The molecule has 0 heterocycles. The molecular formula is C11H11ClN2O2. The van der Waals surface area contributed by atoms with Crippen molar-refractivity contribution < 1.29 is 9.59 Å². The van der Waals surface area contributed by atoms with E-state index in [0.29, 0.717) is 10.7 Å². The molecule has 1 aliphatic rings. The maximum absolute atomic E-state index is 11.4. The number of rotatable bonds is 2. The standard InChI is InChI=1S/C11H11ClN2O2/c12-7-2-1-3-9(6-7)14-11(16)10(15)13-8-4-5-8/h1-3,6,8H,4-5H2,(H,13,15)(H,14,16). The molecule has 0 saturated heterocycles. The van der Waals surface area contributed by atoms with Crippen LogP contribution in [-0.4, -0.2) is 17.9 Å². The molecular weight excluding hydrogens is 228 g/mol. The van der Waals surface area contributed by atoms with Crippen LogP contribution in [0, 0.1) is 0 Å². The predicted molar refractivity (Wildman–Crippen MR) is 61.2 cm³/mol. The van der Waals surface area contributed by atoms with Crippen LogP contribution in [0.5, 0.6) is 0 Å². The third kappa shape index (κ3) is 2.97. The average Bonchev–Trinajstić information content (AvgIpc) is 3.01. The Balaban J connectivity index is 1.93. The summed E-state index contributed by atoms with van der Waals surface area (Å²) in [4.78, 5) is 22.7. The van der Waals surface area contributed by atoms with Crippen molar-refractivity contribution in [2.24, 2.45) is 0 Å². The van der Waals surface area contributed by atoms with Gasteiger partial charge in [0.2, 0.25) is 0 Å². The van der Waals surface area contributed by atoms with Crippen LogP contribution in [0.4, 0.5) is 5.69 Å². The van der Waals surface area contributed by atoms with Crippen LogP contribution >= 0.6 is 11.6 Å². The molecule has 0 aromatic heterocycles. The minimum atomic E-state index is -0.658. The van der Waals surface area contributed by atoms with E-state index in [1.807, 2.05) is 0 Å². The Kier molecular flexibility index (Phi) is 3.10. The highest BCUT2D eigenvalue weighted by Crippen LogP contribution is 2.18. The lowest BCUT2D eigenvalue weighted by Gasteiger charge is -2.05. The number of nitrogens with one attached hydrogen (secondary N) is 2. The van der Waals surface area contributed by atoms with Crippen molar-refractivity contribution in [1.29, 1.82) is 0 Å². The first kappa shape index (κ1) is 11.0. The van der Waals surface area contributed by atoms with Crippen molar-refractivity contribution in [1.82, 2.24) is 5.32 Å². The molecule has 4 nitrogen and oxygen atoms in total. The molecule has 5 heteroatoms. The van der Waals surface area contributed by atoms with Crippen molar-refractivity contribution in [3.63, 3.8) is 0 Å². The molecule has 0 spiro atoms. The Hall–Kier alpha value is -1.55. The number of amides is 2. The average molecular weight is 239 g/mol. The van der Waals surface area contributed by atoms with Crippen LogP contribution in [0.1, 0.15) is 12.8 Å². The SMILES string of the molecule is O=C(Nc1cccc(Cl)c1)C(=O)NC1CC1. The van der Waals surface area contributed by atoms with Crippen molar-refractivity contribution in [3.05, 3.63) is 29.3 Å². The van der Waals surface area contributed by atoms with Crippen molar-refractivity contribution in [2.45, 2.75) is 18.9 Å². The molecule has 0 unspecified atom stereocenters. The smallest absolute Gasteiger partial charge is 0.313 e. The van der Waals surface area contributed by atoms with Gasteiger partial charge >= 0.3 is 11.8 Å². The second-order valence-corrected chi connectivity index (χ2v) is 4.15. The van der Waals surface area contributed by atoms with Gasteiger partial charge in [-0.3, -0.25) is 9.59 Å². The monoisotopic (exact) mass is 238 g/mol. The number of carbonyl (C=O) groups excluding carboxylic acids is 2. The van der Waals surface area contributed by atoms with Crippen LogP contribution in [-0.2, 0) is 9.59 Å². The van der Waals surface area contributed by atoms with Crippen LogP contribution in [0.15, 0.2) is 24.3 Å². The van der Waals surface area contributed by atoms with Crippen molar-refractivity contribution >= 4 is 29.1 Å². The molecule has 0 aliphatic heterocycles. The van der Waals surface area contributed by atoms with Gasteiger partial charge in [0.15, 0.2) is 0 Å². The van der Waals surface area contributed by atoms with E-state index in [0.717, 1.165) is 12.8 Å². The van der Waals surface area contributed by atoms with E-state index in [4.69, 9.17) is 11.6 Å². The van der Waals surface area contributed by atoms with Gasteiger partial charge in [-0.05, 0) is 31.0 Å². The summed E-state index contributed by atoms with van der Waals surface area (Å²) in [6.07, 6.45) is 1.91. The number of carbonyl (C=O) groups is 2. The fraction of sp³-hybridized carbons (Fsp3) is 0.273. The fourth-order valence-electron chi connectivity index (χ4n) is 1.23. The lowest BCUT2D eigenvalue weighted by Crippen LogP contribution is -2.36. The van der Waals surface area contributed by atoms with Gasteiger partial charge < -0.3 is 10.6 Å². The van der Waals surface area contributed by atoms with Gasteiger partial charge in [-0.15, -0.1) is 0 Å². The second-order valence-electron chi connectivity index (χ2n) is 3.71. The van der Waals surface area contributed by atoms with Gasteiger partial charge in [-0.1, -0.05) is 17.7 Å². The van der Waals surface area contributed by atoms with Gasteiger partial charge in [0.25, 0.3) is 0 Å². The van der Waals surface area contributed by atoms with Gasteiger partial charge in [0.05, 0.1) is 0 Å². The molecule has 1 aromatic rings. The third-order valence-corrected chi connectivity index (χ3v) is 2.44. The number of hydrogen-bond acceptors (Lipinski definition) is 2. The molecule has 1 aromatic carbocycles. The quantitative estimate of drug-likeness (QED) is 0.769. The molecule has 1 saturated carbocycles. The number of halogens is 1. The zero-order valence-corrected chi connectivity index (χ0v) is 9.25. The molecule has 1 aliphatic carbocycles. The van der Waals surface area contributed by atoms with Gasteiger partial charge in [0.1, 0.15) is 0 Å². The van der Waals surface area contributed by atoms with Gasteiger partial charge in [-0.2, -0.15) is 0 Å². The molecule has 2 rings (SSSR count). The summed E-state index contributed by atoms with van der Waals surface area (Å²) >= 11 is 5.75. The minimum absolute atomic E-state index is 0.178. The van der Waals surface area contributed by atoms with E-state index in [2.05, 4.69) is 10.6 Å². The van der Waals surface area contributed by atoms with E-state index < -0.39 is 11.8 Å². The highest BCUT2D eigenvalue weighted by Gasteiger charge is 2.26. The van der Waals surface area contributed by atoms with Gasteiger partial charge in [-0.25, -0.2) is 0 Å². The molecule has 84 valence electrons. The summed E-state index contributed by atoms with van der Waals surface area (Å²) in [5.41, 5.74) is 0.517. The molecule has 16 heavy (non-hydrogen) atoms. The summed E-state index contributed by atoms with van der Waals surface area (Å²) < 4.78 is 0. The van der Waals surface area contributed by atoms with Gasteiger partial charge in [0, 0.05) is 16.8 Å². The molecule has 2 N–H and O–H groups in total. The highest BCUT2D eigenvalue weighted by atomic mass is 35.5. The van der Waals surface area contributed by atoms with Crippen LogP contribution in [0.25, 0.3) is 0 Å². The fourth-order valence-corrected chi connectivity index (χ4v) is 1.42. The Morgan fingerprint density at radius 1 is 1.25 bits per heavy atom. The van der Waals surface area contributed by atoms with E-state index >= 15 is 0 Å². The second kappa shape index (κ2) is 4.53. The molecule has 0 atom stereocenters. The first-order valence-corrected chi connectivity index (χ1v) is 5.40. The Bertz CT molecular complexity index is 430. The first-order valence-electron chi connectivity index (χ1n) is 5.02. The Labute approximate surface area is 98.0 Å². The van der Waals surface area contributed by atoms with E-state index in [-0.39, 0.29) is 6.04 Å². The zero-order valence-electron chi connectivity index (χ0n) is 8.50. The topological polar surface area (TPSA) is 58.2 Å². The maximum atomic E-state index is 11.4. The summed E-state index contributed by atoms with van der Waals surface area (Å²) in [6, 6.07) is 6.84. The minimum Gasteiger partial charge on any atom is -0.345 e. The van der Waals surface area contributed by atoms with E-state index in [1.54, 1.807) is 24.3 Å². The molecule has 2 amide bonds. The molecule has 0 radical (unpaired) electrons. The van der Waals surface area contributed by atoms with Crippen LogP contribution in [0.3, 0.4) is 0 Å².